The van der Waals surface area contributed by atoms with Crippen LogP contribution in [0.15, 0.2) is 82.0 Å². The smallest absolute Gasteiger partial charge is 0.0320 e. The highest BCUT2D eigenvalue weighted by Crippen LogP contribution is 2.94. The highest BCUT2D eigenvalue weighted by atomic mass is 14.9. The Kier molecular flexibility index (Phi) is 3.14. The van der Waals surface area contributed by atoms with Gasteiger partial charge >= 0.3 is 0 Å². The van der Waals surface area contributed by atoms with Crippen LogP contribution in [0, 0.1) is 141 Å². The zero-order chi connectivity index (χ0) is 29.6. The molecular formula is C48H46. The summed E-state index contributed by atoms with van der Waals surface area (Å²) >= 11 is 0. The summed E-state index contributed by atoms with van der Waals surface area (Å²) in [6.07, 6.45) is 23.7. The van der Waals surface area contributed by atoms with E-state index in [2.05, 4.69) is 65.3 Å². The van der Waals surface area contributed by atoms with Crippen molar-refractivity contribution < 1.29 is 0 Å². The van der Waals surface area contributed by atoms with Crippen molar-refractivity contribution >= 4 is 0 Å². The second kappa shape index (κ2) is 6.45. The number of allylic oxidation sites excluding steroid dienone is 10. The van der Waals surface area contributed by atoms with Gasteiger partial charge in [-0.25, -0.2) is 0 Å². The van der Waals surface area contributed by atoms with Crippen LogP contribution >= 0.6 is 0 Å². The van der Waals surface area contributed by atoms with Crippen molar-refractivity contribution in [3.05, 3.63) is 93.1 Å². The van der Waals surface area contributed by atoms with E-state index >= 15 is 0 Å². The summed E-state index contributed by atoms with van der Waals surface area (Å²) < 4.78 is 0. The maximum atomic E-state index is 2.92. The Bertz CT molecular complexity index is 2130. The van der Waals surface area contributed by atoms with Crippen LogP contribution in [0.5, 0.6) is 0 Å². The molecule has 1 aromatic rings. The van der Waals surface area contributed by atoms with Gasteiger partial charge in [0.15, 0.2) is 0 Å². The number of rotatable bonds is 0. The second-order valence-electron chi connectivity index (χ2n) is 21.9. The molecule has 238 valence electrons. The fourth-order valence-corrected chi connectivity index (χ4v) is 24.1. The normalized spacial score (nSPS) is 68.8. The molecule has 1 aromatic carbocycles. The summed E-state index contributed by atoms with van der Waals surface area (Å²) in [5, 5.41) is 0. The van der Waals surface area contributed by atoms with Gasteiger partial charge in [0.1, 0.15) is 0 Å². The summed E-state index contributed by atoms with van der Waals surface area (Å²) in [4.78, 5) is 0. The molecule has 17 aliphatic rings. The number of benzene rings is 1. The molecule has 0 amide bonds. The topological polar surface area (TPSA) is 0 Å². The molecular weight excluding hydrogens is 577 g/mol. The van der Waals surface area contributed by atoms with Crippen LogP contribution in [-0.2, 0) is 12.8 Å². The zero-order valence-electron chi connectivity index (χ0n) is 28.0. The Labute approximate surface area is 284 Å². The second-order valence-corrected chi connectivity index (χ2v) is 21.9. The van der Waals surface area contributed by atoms with Gasteiger partial charge in [-0.3, -0.25) is 0 Å². The summed E-state index contributed by atoms with van der Waals surface area (Å²) in [5.41, 5.74) is 16.1. The van der Waals surface area contributed by atoms with E-state index < -0.39 is 0 Å². The largest absolute Gasteiger partial charge is 0.0799 e. The first kappa shape index (κ1) is 23.4. The zero-order valence-corrected chi connectivity index (χ0v) is 28.0. The van der Waals surface area contributed by atoms with Gasteiger partial charge in [0, 0.05) is 10.8 Å². The van der Waals surface area contributed by atoms with Gasteiger partial charge in [0.25, 0.3) is 0 Å². The quantitative estimate of drug-likeness (QED) is 0.271. The van der Waals surface area contributed by atoms with Crippen LogP contribution in [0.2, 0.25) is 0 Å². The van der Waals surface area contributed by atoms with E-state index in [0.29, 0.717) is 5.41 Å². The Hall–Kier alpha value is -2.08. The lowest BCUT2D eigenvalue weighted by atomic mass is 9.33. The van der Waals surface area contributed by atoms with Gasteiger partial charge in [0.2, 0.25) is 0 Å². The predicted molar refractivity (Wildman–Crippen MR) is 183 cm³/mol. The summed E-state index contributed by atoms with van der Waals surface area (Å²) in [6, 6.07) is 10.0. The third-order valence-corrected chi connectivity index (χ3v) is 23.1. The molecule has 24 unspecified atom stereocenters. The summed E-state index contributed by atoms with van der Waals surface area (Å²) in [5.74, 6) is 23.3. The Morgan fingerprint density at radius 3 is 2.00 bits per heavy atom. The van der Waals surface area contributed by atoms with Gasteiger partial charge in [-0.05, 0) is 215 Å². The number of hydrogen-bond acceptors (Lipinski definition) is 0. The van der Waals surface area contributed by atoms with Crippen LogP contribution < -0.4 is 0 Å². The van der Waals surface area contributed by atoms with Crippen molar-refractivity contribution in [3.8, 4) is 0 Å². The average molecular weight is 623 g/mol. The molecule has 11 fully saturated rings. The van der Waals surface area contributed by atoms with Crippen molar-refractivity contribution in [1.82, 2.24) is 0 Å². The maximum absolute atomic E-state index is 2.92. The van der Waals surface area contributed by atoms with E-state index in [0.717, 1.165) is 130 Å². The SMILES string of the molecule is C1=CC2C3CCC4C5CCC6C7CCC8=C9C=CC%10=C1C1=C%11C%12C%13C(C12)C3C4C1C5C6C2C7C8C(C%12C2C%131)C91Cc2ccccc2CC%10%111. The Balaban J connectivity index is 1.07. The van der Waals surface area contributed by atoms with E-state index in [4.69, 9.17) is 0 Å². The van der Waals surface area contributed by atoms with Gasteiger partial charge in [-0.1, -0.05) is 59.7 Å². The van der Waals surface area contributed by atoms with Crippen molar-refractivity contribution in [2.45, 2.75) is 51.4 Å². The van der Waals surface area contributed by atoms with Gasteiger partial charge in [-0.2, -0.15) is 0 Å². The number of hydrogen-bond donors (Lipinski definition) is 0. The summed E-state index contributed by atoms with van der Waals surface area (Å²) in [6.45, 7) is 0. The van der Waals surface area contributed by atoms with Gasteiger partial charge in [-0.15, -0.1) is 0 Å². The highest BCUT2D eigenvalue weighted by Gasteiger charge is 2.89. The minimum atomic E-state index is 0.269. The van der Waals surface area contributed by atoms with Crippen LogP contribution in [0.4, 0.5) is 0 Å². The van der Waals surface area contributed by atoms with Crippen molar-refractivity contribution in [2.75, 3.05) is 0 Å². The number of fused-ring (bicyclic) bond motifs is 4. The van der Waals surface area contributed by atoms with Crippen molar-refractivity contribution in [3.63, 3.8) is 0 Å². The van der Waals surface area contributed by atoms with Crippen molar-refractivity contribution in [2.24, 2.45) is 141 Å². The lowest BCUT2D eigenvalue weighted by molar-refractivity contribution is -0.154. The van der Waals surface area contributed by atoms with Crippen LogP contribution in [0.25, 0.3) is 0 Å². The molecule has 48 heavy (non-hydrogen) atoms. The fourth-order valence-electron chi connectivity index (χ4n) is 24.1. The Morgan fingerprint density at radius 2 is 1.17 bits per heavy atom. The molecule has 0 bridgehead atoms. The molecule has 18 rings (SSSR count). The molecule has 0 nitrogen and oxygen atoms in total. The minimum absolute atomic E-state index is 0.269. The third kappa shape index (κ3) is 1.72. The fraction of sp³-hybridized carbons (Fsp3) is 0.667. The molecule has 0 heteroatoms. The highest BCUT2D eigenvalue weighted by molar-refractivity contribution is 5.75. The average Bonchev–Trinajstić information content (AvgIpc) is 3.92. The molecule has 0 saturated heterocycles. The molecule has 0 aliphatic heterocycles. The molecule has 17 aliphatic carbocycles. The first-order valence-corrected chi connectivity index (χ1v) is 21.5. The monoisotopic (exact) mass is 622 g/mol. The first-order valence-electron chi connectivity index (χ1n) is 21.5. The molecule has 0 N–H and O–H groups in total. The van der Waals surface area contributed by atoms with Crippen LogP contribution in [0.1, 0.15) is 49.7 Å². The van der Waals surface area contributed by atoms with E-state index in [-0.39, 0.29) is 5.41 Å². The minimum Gasteiger partial charge on any atom is -0.0799 e. The predicted octanol–water partition coefficient (Wildman–Crippen LogP) is 8.87. The van der Waals surface area contributed by atoms with Crippen molar-refractivity contribution in [1.29, 1.82) is 0 Å². The third-order valence-electron chi connectivity index (χ3n) is 23.1. The molecule has 0 heterocycles. The van der Waals surface area contributed by atoms with E-state index in [1.807, 2.05) is 16.7 Å². The van der Waals surface area contributed by atoms with Gasteiger partial charge < -0.3 is 0 Å². The van der Waals surface area contributed by atoms with Crippen LogP contribution in [0.3, 0.4) is 0 Å². The van der Waals surface area contributed by atoms with Crippen LogP contribution in [-0.4, -0.2) is 0 Å². The van der Waals surface area contributed by atoms with E-state index in [1.54, 1.807) is 43.2 Å². The molecule has 24 atom stereocenters. The van der Waals surface area contributed by atoms with E-state index in [9.17, 15) is 0 Å². The molecule has 2 spiro atoms. The Morgan fingerprint density at radius 1 is 0.521 bits per heavy atom. The maximum Gasteiger partial charge on any atom is 0.0320 e. The van der Waals surface area contributed by atoms with Gasteiger partial charge in [0.05, 0.1) is 0 Å². The first-order chi connectivity index (χ1) is 23.8. The standard InChI is InChI=1S/C48H46/c1-2-4-18-16-48-28-14-13-27-25-11-9-23-21-7-5-19-20-6-8-22-24-10-12-26(28)36-34(24)39-32(22)30(20)37-29(19)31(21)38-33(23)35(25)45(47(27,48)15-17(18)3-1)43-41(38)40(37)42(39)44(43)46(36)48/h1-4,9,11,13-14,19-24,29-34,36-44,46H,5-8,10,12,15-16H2. The summed E-state index contributed by atoms with van der Waals surface area (Å²) in [7, 11) is 0. The molecule has 11 saturated carbocycles. The lowest BCUT2D eigenvalue weighted by Gasteiger charge is -2.69. The van der Waals surface area contributed by atoms with E-state index in [1.165, 1.54) is 19.3 Å². The molecule has 0 radical (unpaired) electrons. The molecule has 0 aromatic heterocycles. The lowest BCUT2D eigenvalue weighted by Crippen LogP contribution is -2.65.